The highest BCUT2D eigenvalue weighted by molar-refractivity contribution is 5.77. The fourth-order valence-corrected chi connectivity index (χ4v) is 4.67. The van der Waals surface area contributed by atoms with Crippen molar-refractivity contribution in [3.63, 3.8) is 0 Å². The number of hydrogen-bond donors (Lipinski definition) is 1. The Morgan fingerprint density at radius 3 is 2.56 bits per heavy atom. The van der Waals surface area contributed by atoms with Crippen LogP contribution in [-0.2, 0) is 6.54 Å². The molecule has 1 saturated heterocycles. The highest BCUT2D eigenvalue weighted by Gasteiger charge is 2.30. The van der Waals surface area contributed by atoms with Crippen molar-refractivity contribution in [1.29, 1.82) is 0 Å². The molecule has 4 heterocycles. The molecule has 4 aromatic rings. The van der Waals surface area contributed by atoms with Crippen LogP contribution >= 0.6 is 0 Å². The van der Waals surface area contributed by atoms with Crippen LogP contribution in [0.15, 0.2) is 55.1 Å². The van der Waals surface area contributed by atoms with E-state index in [0.29, 0.717) is 11.6 Å². The van der Waals surface area contributed by atoms with Gasteiger partial charge in [-0.2, -0.15) is 0 Å². The fourth-order valence-electron chi connectivity index (χ4n) is 4.67. The molecule has 2 fully saturated rings. The number of benzene rings is 1. The molecular formula is C25H25FN8. The summed E-state index contributed by atoms with van der Waals surface area (Å²) in [6.45, 7) is 2.63. The molecule has 172 valence electrons. The minimum atomic E-state index is -0.281. The lowest BCUT2D eigenvalue weighted by atomic mass is 10.1. The van der Waals surface area contributed by atoms with Gasteiger partial charge in [0.25, 0.3) is 0 Å². The van der Waals surface area contributed by atoms with E-state index in [2.05, 4.69) is 24.4 Å². The number of nitrogens with two attached hydrogens (primary N) is 1. The first-order valence-electron chi connectivity index (χ1n) is 11.6. The summed E-state index contributed by atoms with van der Waals surface area (Å²) in [5, 5.41) is 0. The summed E-state index contributed by atoms with van der Waals surface area (Å²) >= 11 is 0. The maximum Gasteiger partial charge on any atom is 0.220 e. The van der Waals surface area contributed by atoms with Gasteiger partial charge in [-0.1, -0.05) is 0 Å². The minimum Gasteiger partial charge on any atom is -0.368 e. The number of halogens is 1. The number of imidazole rings is 1. The molecule has 1 saturated carbocycles. The van der Waals surface area contributed by atoms with E-state index in [1.165, 1.54) is 25.0 Å². The van der Waals surface area contributed by atoms with Crippen LogP contribution in [0.1, 0.15) is 42.7 Å². The molecule has 1 aliphatic heterocycles. The number of hydrogen-bond acceptors (Lipinski definition) is 7. The van der Waals surface area contributed by atoms with Crippen molar-refractivity contribution >= 4 is 5.95 Å². The third-order valence-corrected chi connectivity index (χ3v) is 6.53. The predicted molar refractivity (Wildman–Crippen MR) is 126 cm³/mol. The second kappa shape index (κ2) is 8.57. The van der Waals surface area contributed by atoms with Crippen molar-refractivity contribution in [1.82, 2.24) is 34.4 Å². The van der Waals surface area contributed by atoms with Gasteiger partial charge >= 0.3 is 0 Å². The van der Waals surface area contributed by atoms with E-state index >= 15 is 0 Å². The van der Waals surface area contributed by atoms with Crippen molar-refractivity contribution in [3.05, 3.63) is 72.5 Å². The van der Waals surface area contributed by atoms with Gasteiger partial charge in [0.15, 0.2) is 0 Å². The van der Waals surface area contributed by atoms with Crippen LogP contribution in [0.4, 0.5) is 10.3 Å². The lowest BCUT2D eigenvalue weighted by molar-refractivity contribution is 0.312. The zero-order valence-corrected chi connectivity index (χ0v) is 18.7. The summed E-state index contributed by atoms with van der Waals surface area (Å²) < 4.78 is 15.7. The monoisotopic (exact) mass is 456 g/mol. The molecule has 34 heavy (non-hydrogen) atoms. The van der Waals surface area contributed by atoms with Gasteiger partial charge in [-0.05, 0) is 55.7 Å². The Balaban J connectivity index is 1.29. The van der Waals surface area contributed by atoms with Gasteiger partial charge in [0.05, 0.1) is 29.1 Å². The number of rotatable bonds is 6. The van der Waals surface area contributed by atoms with Gasteiger partial charge in [0.2, 0.25) is 5.95 Å². The third kappa shape index (κ3) is 4.14. The number of likely N-dealkylation sites (tertiary alicyclic amines) is 1. The van der Waals surface area contributed by atoms with Crippen molar-refractivity contribution < 1.29 is 4.39 Å². The second-order valence-corrected chi connectivity index (χ2v) is 9.01. The van der Waals surface area contributed by atoms with Crippen molar-refractivity contribution in [2.45, 2.75) is 37.8 Å². The van der Waals surface area contributed by atoms with E-state index < -0.39 is 0 Å². The van der Waals surface area contributed by atoms with Crippen LogP contribution in [0, 0.1) is 5.82 Å². The zero-order valence-electron chi connectivity index (χ0n) is 18.7. The number of anilines is 1. The van der Waals surface area contributed by atoms with Crippen molar-refractivity contribution in [2.24, 2.45) is 0 Å². The summed E-state index contributed by atoms with van der Waals surface area (Å²) in [5.74, 6) is 1.45. The average Bonchev–Trinajstić information content (AvgIpc) is 3.44. The van der Waals surface area contributed by atoms with Crippen LogP contribution < -0.4 is 5.73 Å². The third-order valence-electron chi connectivity index (χ3n) is 6.53. The summed E-state index contributed by atoms with van der Waals surface area (Å²) in [6.07, 6.45) is 8.76. The average molecular weight is 457 g/mol. The number of nitrogens with zero attached hydrogens (tertiary/aromatic N) is 7. The van der Waals surface area contributed by atoms with E-state index in [9.17, 15) is 4.39 Å². The van der Waals surface area contributed by atoms with Gasteiger partial charge in [-0.3, -0.25) is 4.90 Å². The van der Waals surface area contributed by atoms with E-state index in [4.69, 9.17) is 15.7 Å². The smallest absolute Gasteiger partial charge is 0.220 e. The van der Waals surface area contributed by atoms with E-state index in [1.54, 1.807) is 18.3 Å². The van der Waals surface area contributed by atoms with Gasteiger partial charge in [0, 0.05) is 49.6 Å². The topological polar surface area (TPSA) is 98.6 Å². The molecule has 3 aromatic heterocycles. The molecule has 9 heteroatoms. The lowest BCUT2D eigenvalue weighted by Crippen LogP contribution is -2.22. The van der Waals surface area contributed by atoms with Crippen LogP contribution in [-0.4, -0.2) is 47.5 Å². The van der Waals surface area contributed by atoms with E-state index in [1.807, 2.05) is 24.7 Å². The summed E-state index contributed by atoms with van der Waals surface area (Å²) in [7, 11) is 0. The molecule has 2 N–H and O–H groups in total. The van der Waals surface area contributed by atoms with Crippen LogP contribution in [0.5, 0.6) is 0 Å². The van der Waals surface area contributed by atoms with Gasteiger partial charge in [0.1, 0.15) is 11.6 Å². The summed E-state index contributed by atoms with van der Waals surface area (Å²) in [6, 6.07) is 10.4. The second-order valence-electron chi connectivity index (χ2n) is 9.01. The Morgan fingerprint density at radius 1 is 0.941 bits per heavy atom. The number of aromatic nitrogens is 6. The molecule has 0 radical (unpaired) electrons. The predicted octanol–water partition coefficient (Wildman–Crippen LogP) is 3.84. The Bertz CT molecular complexity index is 1310. The minimum absolute atomic E-state index is 0.207. The Hall–Kier alpha value is -3.72. The summed E-state index contributed by atoms with van der Waals surface area (Å²) in [4.78, 5) is 24.9. The van der Waals surface area contributed by atoms with Gasteiger partial charge in [-0.15, -0.1) is 0 Å². The largest absolute Gasteiger partial charge is 0.368 e. The van der Waals surface area contributed by atoms with Crippen LogP contribution in [0.25, 0.3) is 22.6 Å². The van der Waals surface area contributed by atoms with Crippen molar-refractivity contribution in [3.8, 4) is 22.6 Å². The first kappa shape index (κ1) is 20.9. The highest BCUT2D eigenvalue weighted by Crippen LogP contribution is 2.38. The van der Waals surface area contributed by atoms with E-state index in [-0.39, 0.29) is 17.8 Å². The van der Waals surface area contributed by atoms with E-state index in [0.717, 1.165) is 54.5 Å². The molecule has 1 aromatic carbocycles. The Labute approximate surface area is 196 Å². The lowest BCUT2D eigenvalue weighted by Gasteiger charge is -2.18. The van der Waals surface area contributed by atoms with Crippen molar-refractivity contribution in [2.75, 3.05) is 18.8 Å². The molecule has 8 nitrogen and oxygen atoms in total. The molecule has 1 aliphatic carbocycles. The molecule has 1 atom stereocenters. The van der Waals surface area contributed by atoms with Gasteiger partial charge < -0.3 is 10.3 Å². The molecule has 1 unspecified atom stereocenters. The molecule has 2 aliphatic rings. The van der Waals surface area contributed by atoms with Gasteiger partial charge in [-0.25, -0.2) is 29.3 Å². The first-order chi connectivity index (χ1) is 16.6. The maximum atomic E-state index is 13.5. The standard InChI is InChI=1S/C25H25FN8/c26-18-5-3-16(4-6-18)22-23(21-8-11-29-25(27)32-21)34(15-30-22)20-9-12-33(14-20)13-19-7-10-28-24(31-19)17-1-2-17/h3-8,10-11,15,17,20H,1-2,9,12-14H2,(H2,27,29,32). The Kier molecular flexibility index (Phi) is 5.26. The molecule has 0 amide bonds. The maximum absolute atomic E-state index is 13.5. The highest BCUT2D eigenvalue weighted by atomic mass is 19.1. The molecule has 0 bridgehead atoms. The van der Waals surface area contributed by atoms with Crippen LogP contribution in [0.2, 0.25) is 0 Å². The van der Waals surface area contributed by atoms with Crippen LogP contribution in [0.3, 0.4) is 0 Å². The number of nitrogen functional groups attached to an aromatic ring is 1. The Morgan fingerprint density at radius 2 is 1.76 bits per heavy atom. The molecule has 0 spiro atoms. The normalized spacial score (nSPS) is 18.4. The summed E-state index contributed by atoms with van der Waals surface area (Å²) in [5.41, 5.74) is 10.1. The quantitative estimate of drug-likeness (QED) is 0.471. The zero-order chi connectivity index (χ0) is 23.1. The first-order valence-corrected chi connectivity index (χ1v) is 11.6. The molecular weight excluding hydrogens is 431 g/mol. The SMILES string of the molecule is Nc1nccc(-c2c(-c3ccc(F)cc3)ncn2C2CCN(Cc3ccnc(C4CC4)n3)C2)n1. The molecule has 6 rings (SSSR count). The fraction of sp³-hybridized carbons (Fsp3) is 0.320.